The third-order valence-corrected chi connectivity index (χ3v) is 3.20. The molecule has 2 aromatic rings. The topological polar surface area (TPSA) is 24.7 Å². The molecule has 0 aliphatic carbocycles. The molecule has 0 aliphatic heterocycles. The Morgan fingerprint density at radius 1 is 0.708 bits per heavy atom. The summed E-state index contributed by atoms with van der Waals surface area (Å²) >= 11 is 0. The molecule has 0 aliphatic rings. The molecule has 2 nitrogen and oxygen atoms in total. The van der Waals surface area contributed by atoms with Crippen molar-refractivity contribution in [3.63, 3.8) is 0 Å². The van der Waals surface area contributed by atoms with Gasteiger partial charge in [0.05, 0.1) is 0 Å². The van der Waals surface area contributed by atoms with Crippen LogP contribution in [0.25, 0.3) is 0 Å². The Kier molecular flexibility index (Phi) is 5.11. The van der Waals surface area contributed by atoms with Gasteiger partial charge in [0.1, 0.15) is 11.4 Å². The van der Waals surface area contributed by atoms with Crippen LogP contribution in [0.15, 0.2) is 70.9 Å². The van der Waals surface area contributed by atoms with Crippen LogP contribution in [0.3, 0.4) is 0 Å². The van der Waals surface area contributed by atoms with Crippen molar-refractivity contribution in [1.29, 1.82) is 0 Å². The molecule has 0 aromatic heterocycles. The van der Waals surface area contributed by atoms with Crippen LogP contribution >= 0.6 is 0 Å². The van der Waals surface area contributed by atoms with E-state index >= 15 is 0 Å². The molecule has 0 saturated carbocycles. The zero-order chi connectivity index (χ0) is 17.8. The van der Waals surface area contributed by atoms with E-state index in [1.54, 1.807) is 60.7 Å². The molecule has 24 heavy (non-hydrogen) atoms. The van der Waals surface area contributed by atoms with Crippen LogP contribution in [0.1, 0.15) is 18.1 Å². The molecule has 0 radical (unpaired) electrons. The molecule has 0 atom stereocenters. The summed E-state index contributed by atoms with van der Waals surface area (Å²) in [7, 11) is 0. The van der Waals surface area contributed by atoms with Gasteiger partial charge in [-0.3, -0.25) is 0 Å². The number of rotatable bonds is 4. The van der Waals surface area contributed by atoms with E-state index in [0.717, 1.165) is 0 Å². The second kappa shape index (κ2) is 6.90. The summed E-state index contributed by atoms with van der Waals surface area (Å²) in [5.41, 5.74) is -0.112. The number of hydrogen-bond donors (Lipinski definition) is 0. The molecule has 0 fully saturated rings. The minimum Gasteiger partial charge on any atom is -0.189 e. The van der Waals surface area contributed by atoms with Crippen molar-refractivity contribution in [1.82, 2.24) is 0 Å². The molecule has 7 heteroatoms. The van der Waals surface area contributed by atoms with E-state index in [4.69, 9.17) is 0 Å². The van der Waals surface area contributed by atoms with Gasteiger partial charge < -0.3 is 0 Å². The van der Waals surface area contributed by atoms with E-state index < -0.39 is 17.8 Å². The highest BCUT2D eigenvalue weighted by molar-refractivity contribution is 6.13. The number of nitrogens with zero attached hydrogens (tertiary/aromatic N) is 2. The van der Waals surface area contributed by atoms with E-state index in [0.29, 0.717) is 18.1 Å². The van der Waals surface area contributed by atoms with Crippen molar-refractivity contribution in [3.05, 3.63) is 71.8 Å². The average molecular weight is 340 g/mol. The van der Waals surface area contributed by atoms with Crippen molar-refractivity contribution in [2.75, 3.05) is 0 Å². The fourth-order valence-corrected chi connectivity index (χ4v) is 1.87. The first-order chi connectivity index (χ1) is 11.2. The Morgan fingerprint density at radius 2 is 1.12 bits per heavy atom. The van der Waals surface area contributed by atoms with Gasteiger partial charge in [-0.2, -0.15) is 27.1 Å². The second-order valence-electron chi connectivity index (χ2n) is 4.94. The Labute approximate surface area is 135 Å². The number of halogens is 5. The Bertz CT molecular complexity index is 693. The summed E-state index contributed by atoms with van der Waals surface area (Å²) in [6.07, 6.45) is -5.71. The number of hydrogen-bond acceptors (Lipinski definition) is 2. The minimum absolute atomic E-state index is 0.202. The van der Waals surface area contributed by atoms with Gasteiger partial charge in [0.2, 0.25) is 0 Å². The maximum absolute atomic E-state index is 13.3. The Balaban J connectivity index is 2.49. The van der Waals surface area contributed by atoms with Crippen molar-refractivity contribution < 1.29 is 22.0 Å². The molecular formula is C17H13F5N2. The van der Waals surface area contributed by atoms with Gasteiger partial charge in [-0.15, -0.1) is 5.10 Å². The van der Waals surface area contributed by atoms with Crippen molar-refractivity contribution in [3.8, 4) is 0 Å². The summed E-state index contributed by atoms with van der Waals surface area (Å²) in [5.74, 6) is -5.03. The summed E-state index contributed by atoms with van der Waals surface area (Å²) in [4.78, 5) is 0. The zero-order valence-corrected chi connectivity index (χ0v) is 12.6. The number of alkyl halides is 5. The molecule has 2 rings (SSSR count). The molecule has 0 bridgehead atoms. The third kappa shape index (κ3) is 3.84. The first-order valence-electron chi connectivity index (χ1n) is 6.91. The molecule has 2 aromatic carbocycles. The second-order valence-corrected chi connectivity index (χ2v) is 4.94. The third-order valence-electron chi connectivity index (χ3n) is 3.20. The first kappa shape index (κ1) is 17.8. The van der Waals surface area contributed by atoms with Crippen molar-refractivity contribution >= 4 is 11.4 Å². The van der Waals surface area contributed by atoms with Gasteiger partial charge >= 0.3 is 12.1 Å². The monoisotopic (exact) mass is 340 g/mol. The van der Waals surface area contributed by atoms with Crippen LogP contribution in [0.4, 0.5) is 22.0 Å². The maximum atomic E-state index is 13.3. The smallest absolute Gasteiger partial charge is 0.189 e. The van der Waals surface area contributed by atoms with Gasteiger partial charge in [-0.25, -0.2) is 0 Å². The lowest BCUT2D eigenvalue weighted by atomic mass is 10.0. The molecular weight excluding hydrogens is 327 g/mol. The normalized spacial score (nSPS) is 12.8. The van der Waals surface area contributed by atoms with Crippen LogP contribution in [-0.2, 0) is 0 Å². The highest BCUT2D eigenvalue weighted by atomic mass is 19.4. The van der Waals surface area contributed by atoms with E-state index in [1.807, 2.05) is 0 Å². The highest BCUT2D eigenvalue weighted by Gasteiger charge is 2.60. The van der Waals surface area contributed by atoms with E-state index in [-0.39, 0.29) is 5.71 Å². The van der Waals surface area contributed by atoms with Gasteiger partial charge in [-0.1, -0.05) is 60.7 Å². The number of benzene rings is 2. The molecule has 0 N–H and O–H groups in total. The van der Waals surface area contributed by atoms with Gasteiger partial charge in [-0.05, 0) is 6.92 Å². The highest BCUT2D eigenvalue weighted by Crippen LogP contribution is 2.36. The standard InChI is InChI=1S/C17H13F5N2/c1-12(16(18,19)17(20,21)22)23-24-15(13-8-4-2-5-9-13)14-10-6-3-7-11-14/h2-11H,1H3. The van der Waals surface area contributed by atoms with Crippen molar-refractivity contribution in [2.45, 2.75) is 19.0 Å². The van der Waals surface area contributed by atoms with Crippen molar-refractivity contribution in [2.24, 2.45) is 10.2 Å². The fourth-order valence-electron chi connectivity index (χ4n) is 1.87. The van der Waals surface area contributed by atoms with Gasteiger partial charge in [0, 0.05) is 11.1 Å². The van der Waals surface area contributed by atoms with Crippen LogP contribution in [0.2, 0.25) is 0 Å². The summed E-state index contributed by atoms with van der Waals surface area (Å²) < 4.78 is 63.6. The van der Waals surface area contributed by atoms with Crippen LogP contribution in [0.5, 0.6) is 0 Å². The van der Waals surface area contributed by atoms with E-state index in [9.17, 15) is 22.0 Å². The predicted octanol–water partition coefficient (Wildman–Crippen LogP) is 5.10. The fraction of sp³-hybridized carbons (Fsp3) is 0.176. The molecule has 126 valence electrons. The van der Waals surface area contributed by atoms with E-state index in [2.05, 4.69) is 10.2 Å². The SMILES string of the molecule is CC(=NN=C(c1ccccc1)c1ccccc1)C(F)(F)C(F)(F)F. The van der Waals surface area contributed by atoms with Gasteiger partial charge in [0.25, 0.3) is 0 Å². The van der Waals surface area contributed by atoms with Crippen LogP contribution in [0, 0.1) is 0 Å². The lowest BCUT2D eigenvalue weighted by molar-refractivity contribution is -0.249. The Morgan fingerprint density at radius 3 is 1.50 bits per heavy atom. The minimum atomic E-state index is -5.71. The quantitative estimate of drug-likeness (QED) is 0.420. The maximum Gasteiger partial charge on any atom is 0.459 e. The average Bonchev–Trinajstić information content (AvgIpc) is 2.55. The van der Waals surface area contributed by atoms with Crippen LogP contribution in [-0.4, -0.2) is 23.5 Å². The lowest BCUT2D eigenvalue weighted by Crippen LogP contribution is -2.42. The summed E-state index contributed by atoms with van der Waals surface area (Å²) in [6.45, 7) is 0.602. The molecule has 0 saturated heterocycles. The predicted molar refractivity (Wildman–Crippen MR) is 82.6 cm³/mol. The molecule has 0 heterocycles. The molecule has 0 unspecified atom stereocenters. The summed E-state index contributed by atoms with van der Waals surface area (Å²) in [5, 5.41) is 6.82. The van der Waals surface area contributed by atoms with Crippen LogP contribution < -0.4 is 0 Å². The Hall–Kier alpha value is -2.57. The first-order valence-corrected chi connectivity index (χ1v) is 6.91. The molecule has 0 amide bonds. The largest absolute Gasteiger partial charge is 0.459 e. The molecule has 0 spiro atoms. The lowest BCUT2D eigenvalue weighted by Gasteiger charge is -2.18. The zero-order valence-electron chi connectivity index (χ0n) is 12.6. The van der Waals surface area contributed by atoms with Gasteiger partial charge in [0.15, 0.2) is 0 Å². The summed E-state index contributed by atoms with van der Waals surface area (Å²) in [6, 6.07) is 17.0. The van der Waals surface area contributed by atoms with E-state index in [1.165, 1.54) is 0 Å².